The molecule has 13 nitrogen and oxygen atoms in total. The van der Waals surface area contributed by atoms with Crippen LogP contribution in [0.3, 0.4) is 0 Å². The molecule has 0 bridgehead atoms. The minimum Gasteiger partial charge on any atom is -0.492 e. The Morgan fingerprint density at radius 3 is 2.23 bits per heavy atom. The molecule has 1 amide bonds. The van der Waals surface area contributed by atoms with Gasteiger partial charge in [0, 0.05) is 32.0 Å². The summed E-state index contributed by atoms with van der Waals surface area (Å²) in [6, 6.07) is 7.81. The van der Waals surface area contributed by atoms with Gasteiger partial charge in [-0.2, -0.15) is 0 Å². The van der Waals surface area contributed by atoms with Crippen LogP contribution in [0.4, 0.5) is 0 Å². The van der Waals surface area contributed by atoms with Gasteiger partial charge in [-0.05, 0) is 49.9 Å². The molecule has 2 aromatic rings. The lowest BCUT2D eigenvalue weighted by molar-refractivity contribution is -0.119. The van der Waals surface area contributed by atoms with Gasteiger partial charge in [0.15, 0.2) is 5.69 Å². The van der Waals surface area contributed by atoms with Gasteiger partial charge in [-0.1, -0.05) is 38.3 Å². The molecule has 0 saturated carbocycles. The molecule has 0 unspecified atom stereocenters. The van der Waals surface area contributed by atoms with Crippen molar-refractivity contribution in [3.05, 3.63) is 53.6 Å². The molecule has 0 aliphatic heterocycles. The van der Waals surface area contributed by atoms with Crippen LogP contribution in [0.5, 0.6) is 5.75 Å². The van der Waals surface area contributed by atoms with Gasteiger partial charge < -0.3 is 41.7 Å². The molecule has 0 saturated heterocycles. The van der Waals surface area contributed by atoms with E-state index in [1.807, 2.05) is 29.2 Å². The maximum Gasteiger partial charge on any atom is 0.269 e. The quantitative estimate of drug-likeness (QED) is 0.0538. The molecule has 1 aromatic heterocycles. The highest BCUT2D eigenvalue weighted by atomic mass is 16.5. The molecule has 240 valence electrons. The van der Waals surface area contributed by atoms with Crippen molar-refractivity contribution in [3.63, 3.8) is 0 Å². The van der Waals surface area contributed by atoms with Crippen LogP contribution in [-0.4, -0.2) is 116 Å². The van der Waals surface area contributed by atoms with Gasteiger partial charge in [0.25, 0.3) is 5.91 Å². The number of unbranched alkanes of at least 4 members (excludes halogenated alkanes) is 4. The third kappa shape index (κ3) is 12.9. The first kappa shape index (κ1) is 36.0. The fourth-order valence-electron chi connectivity index (χ4n) is 4.46. The van der Waals surface area contributed by atoms with E-state index in [1.54, 1.807) is 0 Å². The molecule has 4 atom stereocenters. The summed E-state index contributed by atoms with van der Waals surface area (Å²) in [5.41, 5.74) is 12.6. The number of carbonyl (C=O) groups excluding carboxylic acids is 1. The van der Waals surface area contributed by atoms with Gasteiger partial charge >= 0.3 is 0 Å². The Balaban J connectivity index is 1.79. The Labute approximate surface area is 253 Å². The second-order valence-corrected chi connectivity index (χ2v) is 10.5. The number of primary amides is 1. The molecule has 1 heterocycles. The molecule has 13 heteroatoms. The van der Waals surface area contributed by atoms with Gasteiger partial charge in [-0.15, -0.1) is 0 Å². The lowest BCUT2D eigenvalue weighted by Crippen LogP contribution is -2.50. The number of amides is 1. The first-order chi connectivity index (χ1) is 20.7. The number of amidine groups is 1. The third-order valence-corrected chi connectivity index (χ3v) is 7.03. The molecule has 43 heavy (non-hydrogen) atoms. The minimum atomic E-state index is -1.65. The first-order valence-corrected chi connectivity index (χ1v) is 14.9. The third-order valence-electron chi connectivity index (χ3n) is 7.03. The molecule has 1 aromatic carbocycles. The maximum absolute atomic E-state index is 11.5. The molecule has 2 rings (SSSR count). The van der Waals surface area contributed by atoms with Crippen molar-refractivity contribution in [1.29, 1.82) is 0 Å². The first-order valence-electron chi connectivity index (χ1n) is 14.9. The minimum absolute atomic E-state index is 0.00282. The molecule has 9 N–H and O–H groups in total. The number of nitrogens with zero attached hydrogens (tertiary/aromatic N) is 4. The Morgan fingerprint density at radius 2 is 1.58 bits per heavy atom. The standard InChI is InChI=1S/C30H48N6O7/c1-2-3-4-7-16-36(19-23(38)27(40)28(41)24(39)20-37)17-18-43-22-11-9-21(10-12-22)8-5-6-13-35-29(31)25-26(30(32)42)34-15-14-33-25/h9-12,14-15,23-24,27-28,37-41H,2-8,13,16-20H2,1H3,(H2,31,35)(H2,32,42)/t23-,24+,27+,28+/m0/s1. The van der Waals surface area contributed by atoms with E-state index in [-0.39, 0.29) is 23.8 Å². The number of ether oxygens (including phenoxy) is 1. The van der Waals surface area contributed by atoms with Crippen molar-refractivity contribution in [2.75, 3.05) is 39.4 Å². The van der Waals surface area contributed by atoms with E-state index in [9.17, 15) is 25.2 Å². The van der Waals surface area contributed by atoms with E-state index < -0.39 is 36.9 Å². The topological polar surface area (TPSA) is 221 Å². The van der Waals surface area contributed by atoms with Gasteiger partial charge in [0.05, 0.1) is 12.7 Å². The van der Waals surface area contributed by atoms with Crippen LogP contribution < -0.4 is 16.2 Å². The molecular weight excluding hydrogens is 556 g/mol. The van der Waals surface area contributed by atoms with Crippen molar-refractivity contribution in [2.45, 2.75) is 76.3 Å². The number of aromatic nitrogens is 2. The lowest BCUT2D eigenvalue weighted by Gasteiger charge is -2.30. The summed E-state index contributed by atoms with van der Waals surface area (Å²) in [5.74, 6) is 0.134. The normalized spacial score (nSPS) is 14.8. The number of hydrogen-bond acceptors (Lipinski definition) is 11. The summed E-state index contributed by atoms with van der Waals surface area (Å²) < 4.78 is 5.92. The molecule has 0 aliphatic carbocycles. The van der Waals surface area contributed by atoms with Crippen LogP contribution in [0, 0.1) is 0 Å². The zero-order chi connectivity index (χ0) is 31.6. The number of aliphatic hydroxyl groups is 5. The number of carbonyl (C=O) groups is 1. The number of aliphatic hydroxyl groups excluding tert-OH is 5. The summed E-state index contributed by atoms with van der Waals surface area (Å²) in [6.07, 6.45) is 3.39. The molecule has 0 spiro atoms. The zero-order valence-corrected chi connectivity index (χ0v) is 25.0. The Kier molecular flexibility index (Phi) is 16.6. The highest BCUT2D eigenvalue weighted by molar-refractivity contribution is 6.05. The number of aryl methyl sites for hydroxylation is 1. The number of hydrogen-bond donors (Lipinski definition) is 7. The summed E-state index contributed by atoms with van der Waals surface area (Å²) in [7, 11) is 0. The zero-order valence-electron chi connectivity index (χ0n) is 25.0. The van der Waals surface area contributed by atoms with Gasteiger partial charge in [0.1, 0.15) is 42.2 Å². The highest BCUT2D eigenvalue weighted by Gasteiger charge is 2.31. The number of nitrogens with two attached hydrogens (primary N) is 2. The average molecular weight is 605 g/mol. The summed E-state index contributed by atoms with van der Waals surface area (Å²) in [4.78, 5) is 25.7. The maximum atomic E-state index is 11.5. The molecule has 0 aliphatic rings. The second-order valence-electron chi connectivity index (χ2n) is 10.5. The van der Waals surface area contributed by atoms with Crippen LogP contribution in [0.15, 0.2) is 41.7 Å². The van der Waals surface area contributed by atoms with E-state index in [2.05, 4.69) is 21.9 Å². The fourth-order valence-corrected chi connectivity index (χ4v) is 4.46. The van der Waals surface area contributed by atoms with Crippen molar-refractivity contribution in [3.8, 4) is 5.75 Å². The van der Waals surface area contributed by atoms with Crippen LogP contribution in [0.1, 0.15) is 67.2 Å². The second kappa shape index (κ2) is 19.9. The molecule has 0 fully saturated rings. The van der Waals surface area contributed by atoms with Crippen molar-refractivity contribution < 1.29 is 35.1 Å². The van der Waals surface area contributed by atoms with Crippen LogP contribution in [-0.2, 0) is 6.42 Å². The van der Waals surface area contributed by atoms with Gasteiger partial charge in [-0.3, -0.25) is 14.7 Å². The van der Waals surface area contributed by atoms with Crippen molar-refractivity contribution >= 4 is 11.7 Å². The van der Waals surface area contributed by atoms with Crippen LogP contribution in [0.25, 0.3) is 0 Å². The van der Waals surface area contributed by atoms with E-state index in [4.69, 9.17) is 21.3 Å². The molecule has 0 radical (unpaired) electrons. The van der Waals surface area contributed by atoms with E-state index >= 15 is 0 Å². The van der Waals surface area contributed by atoms with E-state index in [0.29, 0.717) is 32.0 Å². The summed E-state index contributed by atoms with van der Waals surface area (Å²) >= 11 is 0. The SMILES string of the molecule is CCCCCCN(CCOc1ccc(CCCCN=C(N)c2nccnc2C(N)=O)cc1)C[C@H](O)[C@@H](O)[C@H](O)[C@H](O)CO. The van der Waals surface area contributed by atoms with Gasteiger partial charge in [-0.25, -0.2) is 9.97 Å². The Hall–Kier alpha value is -3.20. The highest BCUT2D eigenvalue weighted by Crippen LogP contribution is 2.15. The predicted molar refractivity (Wildman–Crippen MR) is 163 cm³/mol. The summed E-state index contributed by atoms with van der Waals surface area (Å²) in [6.45, 7) is 3.52. The van der Waals surface area contributed by atoms with Crippen molar-refractivity contribution in [2.24, 2.45) is 16.5 Å². The smallest absolute Gasteiger partial charge is 0.269 e. The number of benzene rings is 1. The largest absolute Gasteiger partial charge is 0.492 e. The number of aliphatic imine (C=N–C) groups is 1. The lowest BCUT2D eigenvalue weighted by atomic mass is 10.0. The average Bonchev–Trinajstić information content (AvgIpc) is 3.02. The van der Waals surface area contributed by atoms with E-state index in [0.717, 1.165) is 50.5 Å². The fraction of sp³-hybridized carbons (Fsp3) is 0.600. The monoisotopic (exact) mass is 604 g/mol. The number of rotatable bonds is 22. The summed E-state index contributed by atoms with van der Waals surface area (Å²) in [5, 5.41) is 49.2. The van der Waals surface area contributed by atoms with Crippen LogP contribution in [0.2, 0.25) is 0 Å². The predicted octanol–water partition coefficient (Wildman–Crippen LogP) is 0.000700. The van der Waals surface area contributed by atoms with Crippen molar-refractivity contribution in [1.82, 2.24) is 14.9 Å². The van der Waals surface area contributed by atoms with E-state index in [1.165, 1.54) is 12.4 Å². The Bertz CT molecular complexity index is 1100. The van der Waals surface area contributed by atoms with Crippen LogP contribution >= 0.6 is 0 Å². The molecular formula is C30H48N6O7. The van der Waals surface area contributed by atoms with Gasteiger partial charge in [0.2, 0.25) is 0 Å². The Morgan fingerprint density at radius 1 is 0.907 bits per heavy atom.